The Morgan fingerprint density at radius 3 is 2.67 bits per heavy atom. The van der Waals surface area contributed by atoms with Crippen molar-refractivity contribution in [3.05, 3.63) is 53.4 Å². The van der Waals surface area contributed by atoms with Crippen molar-refractivity contribution in [2.45, 2.75) is 6.92 Å². The van der Waals surface area contributed by atoms with E-state index in [1.165, 1.54) is 0 Å². The number of ether oxygens (including phenoxy) is 1. The number of H-pyrrole nitrogens is 1. The Kier molecular flexibility index (Phi) is 3.99. The van der Waals surface area contributed by atoms with Gasteiger partial charge in [0, 0.05) is 52.4 Å². The highest BCUT2D eigenvalue weighted by atomic mass is 35.5. The molecule has 4 heterocycles. The van der Waals surface area contributed by atoms with Crippen molar-refractivity contribution in [1.29, 1.82) is 0 Å². The number of hydrogen-bond donors (Lipinski definition) is 1. The minimum atomic E-state index is 0.713. The molecule has 3 aromatic heterocycles. The number of nitrogens with one attached hydrogen (secondary N) is 1. The summed E-state index contributed by atoms with van der Waals surface area (Å²) in [6.07, 6.45) is 3.76. The lowest BCUT2D eigenvalue weighted by Gasteiger charge is -2.27. The second-order valence-electron chi connectivity index (χ2n) is 6.82. The SMILES string of the molecule is Cc1nccc2c1[nH]c1c(-c3ccc(N4CCOCC4)nc3)cc(Cl)cc12. The molecule has 0 amide bonds. The number of aryl methyl sites for hydroxylation is 1. The monoisotopic (exact) mass is 378 g/mol. The van der Waals surface area contributed by atoms with E-state index in [0.717, 1.165) is 70.7 Å². The van der Waals surface area contributed by atoms with Gasteiger partial charge in [0.05, 0.1) is 29.9 Å². The number of anilines is 1. The molecular formula is C21H19ClN4O. The maximum Gasteiger partial charge on any atom is 0.128 e. The van der Waals surface area contributed by atoms with E-state index in [9.17, 15) is 0 Å². The Bertz CT molecular complexity index is 1130. The zero-order valence-corrected chi connectivity index (χ0v) is 15.8. The van der Waals surface area contributed by atoms with Crippen LogP contribution >= 0.6 is 11.6 Å². The molecule has 6 heteroatoms. The van der Waals surface area contributed by atoms with Gasteiger partial charge in [-0.2, -0.15) is 0 Å². The fourth-order valence-corrected chi connectivity index (χ4v) is 4.00. The molecule has 1 aliphatic heterocycles. The van der Waals surface area contributed by atoms with Crippen LogP contribution in [-0.2, 0) is 4.74 Å². The molecule has 4 aromatic rings. The summed E-state index contributed by atoms with van der Waals surface area (Å²) in [4.78, 5) is 14.9. The predicted octanol–water partition coefficient (Wildman–Crippen LogP) is 4.58. The molecule has 0 spiro atoms. The van der Waals surface area contributed by atoms with E-state index in [-0.39, 0.29) is 0 Å². The van der Waals surface area contributed by atoms with E-state index in [1.54, 1.807) is 0 Å². The molecule has 0 aliphatic carbocycles. The lowest BCUT2D eigenvalue weighted by Crippen LogP contribution is -2.36. The highest BCUT2D eigenvalue weighted by molar-refractivity contribution is 6.32. The normalized spacial score (nSPS) is 15.0. The van der Waals surface area contributed by atoms with Gasteiger partial charge < -0.3 is 14.6 Å². The number of hydrogen-bond acceptors (Lipinski definition) is 4. The second kappa shape index (κ2) is 6.51. The van der Waals surface area contributed by atoms with Crippen molar-refractivity contribution in [2.75, 3.05) is 31.2 Å². The molecule has 27 heavy (non-hydrogen) atoms. The third-order valence-electron chi connectivity index (χ3n) is 5.18. The first-order chi connectivity index (χ1) is 13.2. The lowest BCUT2D eigenvalue weighted by molar-refractivity contribution is 0.122. The van der Waals surface area contributed by atoms with Crippen LogP contribution in [0, 0.1) is 6.92 Å². The number of halogens is 1. The lowest BCUT2D eigenvalue weighted by atomic mass is 10.0. The fourth-order valence-electron chi connectivity index (χ4n) is 3.78. The van der Waals surface area contributed by atoms with Gasteiger partial charge in [-0.1, -0.05) is 11.6 Å². The molecule has 5 rings (SSSR count). The van der Waals surface area contributed by atoms with Gasteiger partial charge in [0.15, 0.2) is 0 Å². The average Bonchev–Trinajstić information content (AvgIpc) is 3.08. The molecule has 1 fully saturated rings. The molecule has 0 atom stereocenters. The largest absolute Gasteiger partial charge is 0.378 e. The number of aromatic amines is 1. The van der Waals surface area contributed by atoms with Crippen LogP contribution in [0.15, 0.2) is 42.7 Å². The van der Waals surface area contributed by atoms with Crippen molar-refractivity contribution in [1.82, 2.24) is 15.0 Å². The Balaban J connectivity index is 1.64. The topological polar surface area (TPSA) is 54.0 Å². The summed E-state index contributed by atoms with van der Waals surface area (Å²) in [5.74, 6) is 0.983. The molecule has 0 saturated carbocycles. The van der Waals surface area contributed by atoms with E-state index in [1.807, 2.05) is 37.5 Å². The zero-order chi connectivity index (χ0) is 18.4. The van der Waals surface area contributed by atoms with Crippen molar-refractivity contribution in [3.8, 4) is 11.1 Å². The highest BCUT2D eigenvalue weighted by Gasteiger charge is 2.15. The van der Waals surface area contributed by atoms with E-state index < -0.39 is 0 Å². The summed E-state index contributed by atoms with van der Waals surface area (Å²) < 4.78 is 5.42. The number of benzene rings is 1. The first-order valence-corrected chi connectivity index (χ1v) is 9.44. The summed E-state index contributed by atoms with van der Waals surface area (Å²) in [5, 5.41) is 2.96. The minimum Gasteiger partial charge on any atom is -0.378 e. The summed E-state index contributed by atoms with van der Waals surface area (Å²) in [5.41, 5.74) is 5.18. The molecule has 0 bridgehead atoms. The molecule has 0 radical (unpaired) electrons. The van der Waals surface area contributed by atoms with Gasteiger partial charge in [0.1, 0.15) is 5.82 Å². The molecule has 1 N–H and O–H groups in total. The van der Waals surface area contributed by atoms with Gasteiger partial charge in [-0.3, -0.25) is 4.98 Å². The number of morpholine rings is 1. The molecule has 1 aromatic carbocycles. The third-order valence-corrected chi connectivity index (χ3v) is 5.40. The van der Waals surface area contributed by atoms with Crippen LogP contribution in [0.1, 0.15) is 5.69 Å². The fraction of sp³-hybridized carbons (Fsp3) is 0.238. The Hall–Kier alpha value is -2.63. The summed E-state index contributed by atoms with van der Waals surface area (Å²) in [6.45, 7) is 5.27. The molecule has 1 aliphatic rings. The number of aromatic nitrogens is 3. The van der Waals surface area contributed by atoms with E-state index in [2.05, 4.69) is 32.0 Å². The standard InChI is InChI=1S/C21H19ClN4O/c1-13-20-16(4-5-23-13)18-11-15(22)10-17(21(18)25-20)14-2-3-19(24-12-14)26-6-8-27-9-7-26/h2-5,10-12,25H,6-9H2,1H3. The maximum atomic E-state index is 6.45. The maximum absolute atomic E-state index is 6.45. The molecule has 1 saturated heterocycles. The first kappa shape index (κ1) is 16.5. The van der Waals surface area contributed by atoms with Gasteiger partial charge in [0.2, 0.25) is 0 Å². The minimum absolute atomic E-state index is 0.713. The van der Waals surface area contributed by atoms with Gasteiger partial charge >= 0.3 is 0 Å². The average molecular weight is 379 g/mol. The zero-order valence-electron chi connectivity index (χ0n) is 15.0. The summed E-state index contributed by atoms with van der Waals surface area (Å²) >= 11 is 6.45. The van der Waals surface area contributed by atoms with Crippen LogP contribution in [0.5, 0.6) is 0 Å². The Morgan fingerprint density at radius 2 is 1.89 bits per heavy atom. The number of pyridine rings is 2. The van der Waals surface area contributed by atoms with Crippen LogP contribution in [0.2, 0.25) is 5.02 Å². The van der Waals surface area contributed by atoms with Crippen molar-refractivity contribution in [3.63, 3.8) is 0 Å². The van der Waals surface area contributed by atoms with E-state index >= 15 is 0 Å². The Morgan fingerprint density at radius 1 is 1.04 bits per heavy atom. The predicted molar refractivity (Wildman–Crippen MR) is 110 cm³/mol. The summed E-state index contributed by atoms with van der Waals surface area (Å²) in [7, 11) is 0. The molecular weight excluding hydrogens is 360 g/mol. The Labute approximate surface area is 161 Å². The number of nitrogens with zero attached hydrogens (tertiary/aromatic N) is 3. The van der Waals surface area contributed by atoms with Gasteiger partial charge in [0.25, 0.3) is 0 Å². The third kappa shape index (κ3) is 2.83. The van der Waals surface area contributed by atoms with Crippen LogP contribution in [0.25, 0.3) is 32.9 Å². The highest BCUT2D eigenvalue weighted by Crippen LogP contribution is 2.36. The quantitative estimate of drug-likeness (QED) is 0.555. The smallest absolute Gasteiger partial charge is 0.128 e. The van der Waals surface area contributed by atoms with Gasteiger partial charge in [-0.05, 0) is 37.3 Å². The van der Waals surface area contributed by atoms with E-state index in [4.69, 9.17) is 16.3 Å². The van der Waals surface area contributed by atoms with Crippen LogP contribution in [-0.4, -0.2) is 41.3 Å². The molecule has 136 valence electrons. The summed E-state index contributed by atoms with van der Waals surface area (Å²) in [6, 6.07) is 10.2. The van der Waals surface area contributed by atoms with Crippen molar-refractivity contribution >= 4 is 39.2 Å². The number of fused-ring (bicyclic) bond motifs is 3. The van der Waals surface area contributed by atoms with Crippen molar-refractivity contribution in [2.24, 2.45) is 0 Å². The van der Waals surface area contributed by atoms with E-state index in [0.29, 0.717) is 5.02 Å². The van der Waals surface area contributed by atoms with Crippen LogP contribution in [0.3, 0.4) is 0 Å². The van der Waals surface area contributed by atoms with Crippen LogP contribution in [0.4, 0.5) is 5.82 Å². The molecule has 5 nitrogen and oxygen atoms in total. The first-order valence-electron chi connectivity index (χ1n) is 9.06. The van der Waals surface area contributed by atoms with Gasteiger partial charge in [-0.25, -0.2) is 4.98 Å². The van der Waals surface area contributed by atoms with Crippen molar-refractivity contribution < 1.29 is 4.74 Å². The van der Waals surface area contributed by atoms with Gasteiger partial charge in [-0.15, -0.1) is 0 Å². The van der Waals surface area contributed by atoms with Crippen LogP contribution < -0.4 is 4.90 Å². The second-order valence-corrected chi connectivity index (χ2v) is 7.26. The number of rotatable bonds is 2. The molecule has 0 unspecified atom stereocenters.